The Balaban J connectivity index is 1.44. The number of nitrogens with one attached hydrogen (secondary N) is 2. The molecule has 0 bridgehead atoms. The van der Waals surface area contributed by atoms with Crippen LogP contribution in [-0.4, -0.2) is 81.0 Å². The second kappa shape index (κ2) is 10.6. The minimum atomic E-state index is -0.114. The van der Waals surface area contributed by atoms with E-state index in [9.17, 15) is 4.79 Å². The Morgan fingerprint density at radius 2 is 1.59 bits per heavy atom. The second-order valence-corrected chi connectivity index (χ2v) is 7.30. The van der Waals surface area contributed by atoms with Crippen molar-refractivity contribution in [3.63, 3.8) is 0 Å². The predicted octanol–water partition coefficient (Wildman–Crippen LogP) is 1.04. The number of amides is 2. The van der Waals surface area contributed by atoms with Crippen molar-refractivity contribution in [3.8, 4) is 0 Å². The van der Waals surface area contributed by atoms with Crippen LogP contribution in [-0.2, 0) is 22.6 Å². The van der Waals surface area contributed by atoms with Crippen molar-refractivity contribution in [3.05, 3.63) is 35.4 Å². The maximum absolute atomic E-state index is 12.3. The minimum absolute atomic E-state index is 0.103. The van der Waals surface area contributed by atoms with Gasteiger partial charge in [-0.15, -0.1) is 0 Å². The molecular formula is C20H32N4O3. The van der Waals surface area contributed by atoms with Crippen molar-refractivity contribution in [2.75, 3.05) is 59.2 Å². The number of hydrogen-bond donors (Lipinski definition) is 2. The highest BCUT2D eigenvalue weighted by Crippen LogP contribution is 2.13. The standard InChI is InChI=1S/C20H32N4O3/c1-17(15-23-6-10-26-11-7-23)22-20(25)21-14-18-4-2-3-5-19(18)16-24-8-12-27-13-9-24/h2-5,17H,6-16H2,1H3,(H2,21,22,25). The molecule has 2 aliphatic rings. The van der Waals surface area contributed by atoms with Gasteiger partial charge >= 0.3 is 6.03 Å². The highest BCUT2D eigenvalue weighted by molar-refractivity contribution is 5.74. The van der Waals surface area contributed by atoms with Gasteiger partial charge in [0.1, 0.15) is 0 Å². The molecule has 150 valence electrons. The van der Waals surface area contributed by atoms with Crippen LogP contribution in [0.4, 0.5) is 4.79 Å². The van der Waals surface area contributed by atoms with E-state index in [0.717, 1.165) is 65.7 Å². The zero-order chi connectivity index (χ0) is 18.9. The van der Waals surface area contributed by atoms with Crippen molar-refractivity contribution in [2.24, 2.45) is 0 Å². The lowest BCUT2D eigenvalue weighted by Crippen LogP contribution is -2.48. The first-order chi connectivity index (χ1) is 13.2. The molecule has 1 aromatic rings. The summed E-state index contributed by atoms with van der Waals surface area (Å²) < 4.78 is 10.8. The topological polar surface area (TPSA) is 66.1 Å². The number of hydrogen-bond acceptors (Lipinski definition) is 5. The molecule has 2 aliphatic heterocycles. The van der Waals surface area contributed by atoms with Crippen LogP contribution in [0.2, 0.25) is 0 Å². The Bertz CT molecular complexity index is 586. The monoisotopic (exact) mass is 376 g/mol. The van der Waals surface area contributed by atoms with Crippen LogP contribution < -0.4 is 10.6 Å². The van der Waals surface area contributed by atoms with E-state index in [1.54, 1.807) is 0 Å². The van der Waals surface area contributed by atoms with Crippen molar-refractivity contribution < 1.29 is 14.3 Å². The van der Waals surface area contributed by atoms with Crippen molar-refractivity contribution in [2.45, 2.75) is 26.1 Å². The van der Waals surface area contributed by atoms with Gasteiger partial charge in [-0.2, -0.15) is 0 Å². The van der Waals surface area contributed by atoms with Crippen LogP contribution in [0.5, 0.6) is 0 Å². The quantitative estimate of drug-likeness (QED) is 0.744. The summed E-state index contributed by atoms with van der Waals surface area (Å²) >= 11 is 0. The molecule has 2 fully saturated rings. The number of rotatable bonds is 7. The summed E-state index contributed by atoms with van der Waals surface area (Å²) in [5, 5.41) is 6.05. The van der Waals surface area contributed by atoms with Crippen LogP contribution in [0.15, 0.2) is 24.3 Å². The normalized spacial score (nSPS) is 20.2. The van der Waals surface area contributed by atoms with Crippen molar-refractivity contribution >= 4 is 6.03 Å². The number of ether oxygens (including phenoxy) is 2. The average molecular weight is 377 g/mol. The molecule has 0 aromatic heterocycles. The number of morpholine rings is 2. The summed E-state index contributed by atoms with van der Waals surface area (Å²) in [6.45, 7) is 11.3. The molecule has 2 saturated heterocycles. The summed E-state index contributed by atoms with van der Waals surface area (Å²) in [6.07, 6.45) is 0. The lowest BCUT2D eigenvalue weighted by Gasteiger charge is -2.29. The zero-order valence-electron chi connectivity index (χ0n) is 16.3. The molecule has 27 heavy (non-hydrogen) atoms. The molecule has 0 radical (unpaired) electrons. The minimum Gasteiger partial charge on any atom is -0.379 e. The first-order valence-corrected chi connectivity index (χ1v) is 9.92. The highest BCUT2D eigenvalue weighted by atomic mass is 16.5. The number of carbonyl (C=O) groups is 1. The molecule has 1 aromatic carbocycles. The van der Waals surface area contributed by atoms with Gasteiger partial charge in [0, 0.05) is 51.9 Å². The summed E-state index contributed by atoms with van der Waals surface area (Å²) in [7, 11) is 0. The van der Waals surface area contributed by atoms with Crippen LogP contribution in [0, 0.1) is 0 Å². The molecule has 3 rings (SSSR count). The third kappa shape index (κ3) is 6.77. The highest BCUT2D eigenvalue weighted by Gasteiger charge is 2.16. The fraction of sp³-hybridized carbons (Fsp3) is 0.650. The van der Waals surface area contributed by atoms with E-state index in [4.69, 9.17) is 9.47 Å². The van der Waals surface area contributed by atoms with E-state index in [-0.39, 0.29) is 12.1 Å². The molecule has 1 unspecified atom stereocenters. The first-order valence-electron chi connectivity index (χ1n) is 9.92. The molecule has 1 atom stereocenters. The average Bonchev–Trinajstić information content (AvgIpc) is 2.69. The zero-order valence-corrected chi connectivity index (χ0v) is 16.3. The third-order valence-electron chi connectivity index (χ3n) is 5.07. The van der Waals surface area contributed by atoms with Gasteiger partial charge in [0.05, 0.1) is 26.4 Å². The molecule has 0 aliphatic carbocycles. The van der Waals surface area contributed by atoms with Gasteiger partial charge in [-0.25, -0.2) is 4.79 Å². The Morgan fingerprint density at radius 1 is 1.00 bits per heavy atom. The molecule has 7 nitrogen and oxygen atoms in total. The van der Waals surface area contributed by atoms with Crippen LogP contribution in [0.3, 0.4) is 0 Å². The Labute approximate surface area is 162 Å². The first kappa shape index (κ1) is 20.1. The Hall–Kier alpha value is -1.67. The van der Waals surface area contributed by atoms with Crippen LogP contribution in [0.1, 0.15) is 18.1 Å². The number of benzene rings is 1. The number of urea groups is 1. The van der Waals surface area contributed by atoms with Gasteiger partial charge in [-0.1, -0.05) is 24.3 Å². The lowest BCUT2D eigenvalue weighted by molar-refractivity contribution is 0.0341. The maximum Gasteiger partial charge on any atom is 0.315 e. The molecule has 2 amide bonds. The summed E-state index contributed by atoms with van der Waals surface area (Å²) in [4.78, 5) is 17.0. The largest absolute Gasteiger partial charge is 0.379 e. The van der Waals surface area contributed by atoms with Gasteiger partial charge in [0.15, 0.2) is 0 Å². The summed E-state index contributed by atoms with van der Waals surface area (Å²) in [6, 6.07) is 8.31. The molecule has 0 spiro atoms. The Kier molecular flexibility index (Phi) is 7.89. The lowest BCUT2D eigenvalue weighted by atomic mass is 10.1. The molecule has 2 heterocycles. The molecule has 0 saturated carbocycles. The van der Waals surface area contributed by atoms with Gasteiger partial charge in [0.2, 0.25) is 0 Å². The fourth-order valence-electron chi connectivity index (χ4n) is 3.55. The fourth-order valence-corrected chi connectivity index (χ4v) is 3.55. The summed E-state index contributed by atoms with van der Waals surface area (Å²) in [5.74, 6) is 0. The smallest absolute Gasteiger partial charge is 0.315 e. The molecule has 7 heteroatoms. The molecular weight excluding hydrogens is 344 g/mol. The Morgan fingerprint density at radius 3 is 2.26 bits per heavy atom. The van der Waals surface area contributed by atoms with Gasteiger partial charge in [-0.05, 0) is 18.1 Å². The predicted molar refractivity (Wildman–Crippen MR) is 105 cm³/mol. The second-order valence-electron chi connectivity index (χ2n) is 7.30. The van der Waals surface area contributed by atoms with Crippen LogP contribution >= 0.6 is 0 Å². The van der Waals surface area contributed by atoms with Gasteiger partial charge in [-0.3, -0.25) is 9.80 Å². The summed E-state index contributed by atoms with van der Waals surface area (Å²) in [5.41, 5.74) is 2.43. The van der Waals surface area contributed by atoms with Crippen LogP contribution in [0.25, 0.3) is 0 Å². The van der Waals surface area contributed by atoms with E-state index >= 15 is 0 Å². The third-order valence-corrected chi connectivity index (χ3v) is 5.07. The van der Waals surface area contributed by atoms with Gasteiger partial charge < -0.3 is 20.1 Å². The van der Waals surface area contributed by atoms with E-state index in [0.29, 0.717) is 6.54 Å². The molecule has 2 N–H and O–H groups in total. The maximum atomic E-state index is 12.3. The van der Waals surface area contributed by atoms with Gasteiger partial charge in [0.25, 0.3) is 0 Å². The number of carbonyl (C=O) groups excluding carboxylic acids is 1. The number of nitrogens with zero attached hydrogens (tertiary/aromatic N) is 2. The van der Waals surface area contributed by atoms with E-state index in [1.807, 2.05) is 13.0 Å². The van der Waals surface area contributed by atoms with E-state index in [1.165, 1.54) is 11.1 Å². The van der Waals surface area contributed by atoms with E-state index < -0.39 is 0 Å². The van der Waals surface area contributed by atoms with Crippen molar-refractivity contribution in [1.82, 2.24) is 20.4 Å². The van der Waals surface area contributed by atoms with E-state index in [2.05, 4.69) is 38.6 Å². The van der Waals surface area contributed by atoms with Crippen molar-refractivity contribution in [1.29, 1.82) is 0 Å². The SMILES string of the molecule is CC(CN1CCOCC1)NC(=O)NCc1ccccc1CN1CCOCC1.